The number of carbonyl (C=O) groups excluding carboxylic acids is 2. The van der Waals surface area contributed by atoms with Crippen LogP contribution < -0.4 is 10.6 Å². The number of hydrogen-bond acceptors (Lipinski definition) is 5. The van der Waals surface area contributed by atoms with E-state index in [1.165, 1.54) is 0 Å². The van der Waals surface area contributed by atoms with Gasteiger partial charge >= 0.3 is 6.18 Å². The number of alkyl halides is 3. The number of halogens is 3. The quantitative estimate of drug-likeness (QED) is 0.576. The van der Waals surface area contributed by atoms with E-state index in [1.54, 1.807) is 24.3 Å². The van der Waals surface area contributed by atoms with Gasteiger partial charge in [0.2, 0.25) is 5.91 Å². The van der Waals surface area contributed by atoms with E-state index in [9.17, 15) is 22.8 Å². The molecule has 2 aromatic rings. The number of anilines is 1. The minimum Gasteiger partial charge on any atom is -0.350 e. The lowest BCUT2D eigenvalue weighted by Crippen LogP contribution is -2.31. The molecule has 0 atom stereocenters. The molecule has 0 aliphatic rings. The average molecular weight is 398 g/mol. The summed E-state index contributed by atoms with van der Waals surface area (Å²) in [5.74, 6) is -1.04. The molecule has 10 heteroatoms. The lowest BCUT2D eigenvalue weighted by Gasteiger charge is -2.13. The van der Waals surface area contributed by atoms with Crippen LogP contribution >= 0.6 is 11.8 Å². The minimum absolute atomic E-state index is 0.0742. The van der Waals surface area contributed by atoms with Crippen molar-refractivity contribution in [2.45, 2.75) is 31.2 Å². The van der Waals surface area contributed by atoms with Gasteiger partial charge in [-0.3, -0.25) is 9.59 Å². The number of amides is 2. The van der Waals surface area contributed by atoms with Crippen molar-refractivity contribution in [2.24, 2.45) is 0 Å². The zero-order valence-electron chi connectivity index (χ0n) is 14.5. The van der Waals surface area contributed by atoms with E-state index in [-0.39, 0.29) is 22.9 Å². The van der Waals surface area contributed by atoms with Crippen molar-refractivity contribution >= 4 is 29.3 Å². The maximum Gasteiger partial charge on any atom is 0.433 e. The van der Waals surface area contributed by atoms with E-state index in [0.717, 1.165) is 24.0 Å². The summed E-state index contributed by atoms with van der Waals surface area (Å²) in [6, 6.07) is 7.14. The van der Waals surface area contributed by atoms with Gasteiger partial charge in [0.05, 0.1) is 17.0 Å². The number of nitrogens with one attached hydrogen (secondary N) is 2. The molecule has 1 aromatic carbocycles. The molecule has 0 bridgehead atoms. The van der Waals surface area contributed by atoms with Crippen molar-refractivity contribution in [1.82, 2.24) is 15.3 Å². The number of aromatic nitrogens is 2. The number of benzene rings is 1. The zero-order chi connectivity index (χ0) is 20.0. The summed E-state index contributed by atoms with van der Waals surface area (Å²) in [6.45, 7) is 3.62. The highest BCUT2D eigenvalue weighted by Gasteiger charge is 2.32. The van der Waals surface area contributed by atoms with Gasteiger partial charge in [-0.05, 0) is 32.0 Å². The second kappa shape index (κ2) is 8.85. The second-order valence-electron chi connectivity index (χ2n) is 5.73. The first-order valence-electron chi connectivity index (χ1n) is 7.89. The normalized spacial score (nSPS) is 11.3. The van der Waals surface area contributed by atoms with Crippen LogP contribution in [0.1, 0.15) is 29.9 Å². The van der Waals surface area contributed by atoms with Gasteiger partial charge in [-0.15, -0.1) is 0 Å². The predicted octanol–water partition coefficient (Wildman–Crippen LogP) is 3.36. The van der Waals surface area contributed by atoms with Gasteiger partial charge in [0.1, 0.15) is 5.69 Å². The summed E-state index contributed by atoms with van der Waals surface area (Å²) in [7, 11) is 0. The zero-order valence-corrected chi connectivity index (χ0v) is 15.3. The Morgan fingerprint density at radius 3 is 2.56 bits per heavy atom. The topological polar surface area (TPSA) is 84.0 Å². The van der Waals surface area contributed by atoms with Crippen LogP contribution in [0.25, 0.3) is 0 Å². The molecule has 0 unspecified atom stereocenters. The van der Waals surface area contributed by atoms with Crippen LogP contribution in [-0.2, 0) is 11.0 Å². The summed E-state index contributed by atoms with van der Waals surface area (Å²) in [5, 5.41) is 5.15. The van der Waals surface area contributed by atoms with E-state index in [4.69, 9.17) is 0 Å². The van der Waals surface area contributed by atoms with Crippen LogP contribution in [0.2, 0.25) is 0 Å². The van der Waals surface area contributed by atoms with E-state index < -0.39 is 17.8 Å². The molecule has 0 aliphatic heterocycles. The van der Waals surface area contributed by atoms with E-state index in [0.29, 0.717) is 11.3 Å². The van der Waals surface area contributed by atoms with Crippen LogP contribution in [0.5, 0.6) is 0 Å². The Kier molecular flexibility index (Phi) is 6.78. The molecule has 1 heterocycles. The van der Waals surface area contributed by atoms with Crippen molar-refractivity contribution in [3.63, 3.8) is 0 Å². The van der Waals surface area contributed by atoms with Crippen molar-refractivity contribution in [1.29, 1.82) is 0 Å². The highest BCUT2D eigenvalue weighted by molar-refractivity contribution is 7.99. The molecular formula is C17H17F3N4O2S. The molecule has 6 nitrogen and oxygen atoms in total. The molecule has 144 valence electrons. The summed E-state index contributed by atoms with van der Waals surface area (Å²) in [6.07, 6.45) is -3.59. The van der Waals surface area contributed by atoms with E-state index >= 15 is 0 Å². The Morgan fingerprint density at radius 1 is 1.19 bits per heavy atom. The molecule has 2 rings (SSSR count). The SMILES string of the molecule is CC(C)NC(=O)c1ccccc1NC(=O)CSc1nccc(C(F)(F)F)n1. The Labute approximate surface area is 158 Å². The molecular weight excluding hydrogens is 381 g/mol. The number of carbonyl (C=O) groups is 2. The van der Waals surface area contributed by atoms with Gasteiger partial charge in [-0.25, -0.2) is 9.97 Å². The monoisotopic (exact) mass is 398 g/mol. The highest BCUT2D eigenvalue weighted by Crippen LogP contribution is 2.28. The molecule has 27 heavy (non-hydrogen) atoms. The fourth-order valence-electron chi connectivity index (χ4n) is 2.01. The van der Waals surface area contributed by atoms with Gasteiger partial charge in [0.15, 0.2) is 5.16 Å². The van der Waals surface area contributed by atoms with Gasteiger partial charge in [0.25, 0.3) is 5.91 Å². The van der Waals surface area contributed by atoms with Crippen molar-refractivity contribution < 1.29 is 22.8 Å². The van der Waals surface area contributed by atoms with Crippen LogP contribution in [0.15, 0.2) is 41.7 Å². The maximum atomic E-state index is 12.6. The molecule has 2 N–H and O–H groups in total. The first-order valence-corrected chi connectivity index (χ1v) is 8.88. The molecule has 1 aromatic heterocycles. The largest absolute Gasteiger partial charge is 0.433 e. The standard InChI is InChI=1S/C17H17F3N4O2S/c1-10(2)22-15(26)11-5-3-4-6-12(11)23-14(25)9-27-16-21-8-7-13(24-16)17(18,19)20/h3-8,10H,9H2,1-2H3,(H,22,26)(H,23,25). The van der Waals surface area contributed by atoms with Crippen LogP contribution in [0.3, 0.4) is 0 Å². The summed E-state index contributed by atoms with van der Waals surface area (Å²) < 4.78 is 37.9. The fraction of sp³-hybridized carbons (Fsp3) is 0.294. The molecule has 0 saturated carbocycles. The van der Waals surface area contributed by atoms with Gasteiger partial charge in [0, 0.05) is 12.2 Å². The first kappa shape index (κ1) is 20.7. The van der Waals surface area contributed by atoms with Crippen LogP contribution in [0, 0.1) is 0 Å². The Balaban J connectivity index is 2.02. The third-order valence-corrected chi connectivity index (χ3v) is 3.98. The second-order valence-corrected chi connectivity index (χ2v) is 6.68. The maximum absolute atomic E-state index is 12.6. The van der Waals surface area contributed by atoms with Crippen LogP contribution in [-0.4, -0.2) is 33.6 Å². The number of nitrogens with zero attached hydrogens (tertiary/aromatic N) is 2. The Hall–Kier alpha value is -2.62. The third kappa shape index (κ3) is 6.24. The Morgan fingerprint density at radius 2 is 1.89 bits per heavy atom. The van der Waals surface area contributed by atoms with Crippen molar-refractivity contribution in [2.75, 3.05) is 11.1 Å². The Bertz CT molecular complexity index is 828. The first-order chi connectivity index (χ1) is 12.7. The number of rotatable bonds is 6. The lowest BCUT2D eigenvalue weighted by atomic mass is 10.1. The number of thioether (sulfide) groups is 1. The molecule has 0 radical (unpaired) electrons. The van der Waals surface area contributed by atoms with Gasteiger partial charge in [-0.1, -0.05) is 23.9 Å². The highest BCUT2D eigenvalue weighted by atomic mass is 32.2. The fourth-order valence-corrected chi connectivity index (χ4v) is 2.65. The van der Waals surface area contributed by atoms with Crippen molar-refractivity contribution in [3.8, 4) is 0 Å². The smallest absolute Gasteiger partial charge is 0.350 e. The number of para-hydroxylation sites is 1. The minimum atomic E-state index is -4.58. The molecule has 0 spiro atoms. The van der Waals surface area contributed by atoms with Gasteiger partial charge in [-0.2, -0.15) is 13.2 Å². The molecule has 0 fully saturated rings. The van der Waals surface area contributed by atoms with Crippen LogP contribution in [0.4, 0.5) is 18.9 Å². The summed E-state index contributed by atoms with van der Waals surface area (Å²) in [5.41, 5.74) is -0.470. The predicted molar refractivity (Wildman–Crippen MR) is 95.4 cm³/mol. The van der Waals surface area contributed by atoms with Crippen molar-refractivity contribution in [3.05, 3.63) is 47.8 Å². The molecule has 2 amide bonds. The summed E-state index contributed by atoms with van der Waals surface area (Å²) >= 11 is 0.768. The molecule has 0 saturated heterocycles. The summed E-state index contributed by atoms with van der Waals surface area (Å²) in [4.78, 5) is 31.4. The molecule has 0 aliphatic carbocycles. The van der Waals surface area contributed by atoms with E-state index in [2.05, 4.69) is 20.6 Å². The average Bonchev–Trinajstić information content (AvgIpc) is 2.59. The number of hydrogen-bond donors (Lipinski definition) is 2. The third-order valence-electron chi connectivity index (χ3n) is 3.12. The van der Waals surface area contributed by atoms with E-state index in [1.807, 2.05) is 13.8 Å². The van der Waals surface area contributed by atoms with Gasteiger partial charge < -0.3 is 10.6 Å². The lowest BCUT2D eigenvalue weighted by molar-refractivity contribution is -0.141.